The number of halogens is 1. The molecule has 2 aromatic carbocycles. The van der Waals surface area contributed by atoms with Gasteiger partial charge >= 0.3 is 0 Å². The standard InChI is InChI=1S/C19H18ClNO4/c1-2-9-23-16-6-4-3-5-15(16)21-18(22)8-7-13-10-14(20)19-17(11-13)24-12-25-19/h3-8,10-11H,2,9,12H2,1H3,(H,21,22)/b8-7+. The number of benzene rings is 2. The Bertz CT molecular complexity index is 804. The summed E-state index contributed by atoms with van der Waals surface area (Å²) in [5, 5.41) is 3.27. The lowest BCUT2D eigenvalue weighted by atomic mass is 10.2. The Hall–Kier alpha value is -2.66. The van der Waals surface area contributed by atoms with E-state index >= 15 is 0 Å². The third kappa shape index (κ3) is 4.25. The molecular formula is C19H18ClNO4. The molecule has 0 unspecified atom stereocenters. The molecule has 2 aromatic rings. The fourth-order valence-corrected chi connectivity index (χ4v) is 2.61. The number of anilines is 1. The van der Waals surface area contributed by atoms with Crippen LogP contribution < -0.4 is 19.5 Å². The lowest BCUT2D eigenvalue weighted by Crippen LogP contribution is -2.09. The molecule has 0 spiro atoms. The Labute approximate surface area is 151 Å². The van der Waals surface area contributed by atoms with Gasteiger partial charge in [0.05, 0.1) is 17.3 Å². The van der Waals surface area contributed by atoms with Gasteiger partial charge in [-0.15, -0.1) is 0 Å². The summed E-state index contributed by atoms with van der Waals surface area (Å²) in [6, 6.07) is 10.8. The summed E-state index contributed by atoms with van der Waals surface area (Å²) >= 11 is 6.13. The highest BCUT2D eigenvalue weighted by Crippen LogP contribution is 2.40. The number of para-hydroxylation sites is 2. The van der Waals surface area contributed by atoms with Crippen LogP contribution in [0.3, 0.4) is 0 Å². The number of fused-ring (bicyclic) bond motifs is 1. The number of hydrogen-bond acceptors (Lipinski definition) is 4. The number of hydrogen-bond donors (Lipinski definition) is 1. The van der Waals surface area contributed by atoms with E-state index in [1.165, 1.54) is 6.08 Å². The summed E-state index contributed by atoms with van der Waals surface area (Å²) in [5.74, 6) is 1.50. The Morgan fingerprint density at radius 2 is 2.16 bits per heavy atom. The van der Waals surface area contributed by atoms with Crippen LogP contribution in [0.5, 0.6) is 17.2 Å². The third-order valence-corrected chi connectivity index (χ3v) is 3.76. The third-order valence-electron chi connectivity index (χ3n) is 3.48. The van der Waals surface area contributed by atoms with Crippen LogP contribution in [-0.2, 0) is 4.79 Å². The van der Waals surface area contributed by atoms with E-state index in [1.807, 2.05) is 25.1 Å². The minimum atomic E-state index is -0.263. The van der Waals surface area contributed by atoms with Gasteiger partial charge in [0, 0.05) is 6.08 Å². The predicted octanol–water partition coefficient (Wildman–Crippen LogP) is 4.51. The van der Waals surface area contributed by atoms with E-state index in [9.17, 15) is 4.79 Å². The molecule has 0 aliphatic carbocycles. The Balaban J connectivity index is 1.69. The van der Waals surface area contributed by atoms with Gasteiger partial charge in [-0.2, -0.15) is 0 Å². The van der Waals surface area contributed by atoms with Gasteiger partial charge in [0.1, 0.15) is 5.75 Å². The first-order valence-electron chi connectivity index (χ1n) is 7.97. The summed E-state index contributed by atoms with van der Waals surface area (Å²) in [7, 11) is 0. The van der Waals surface area contributed by atoms with Gasteiger partial charge in [-0.1, -0.05) is 30.7 Å². The molecular weight excluding hydrogens is 342 g/mol. The lowest BCUT2D eigenvalue weighted by Gasteiger charge is -2.10. The van der Waals surface area contributed by atoms with Gasteiger partial charge in [-0.3, -0.25) is 4.79 Å². The fourth-order valence-electron chi connectivity index (χ4n) is 2.34. The SMILES string of the molecule is CCCOc1ccccc1NC(=O)/C=C/c1cc(Cl)c2c(c1)OCO2. The van der Waals surface area contributed by atoms with Crippen LogP contribution in [0.1, 0.15) is 18.9 Å². The summed E-state index contributed by atoms with van der Waals surface area (Å²) < 4.78 is 16.2. The van der Waals surface area contributed by atoms with Crippen molar-refractivity contribution in [2.45, 2.75) is 13.3 Å². The number of rotatable bonds is 6. The van der Waals surface area contributed by atoms with Crippen molar-refractivity contribution in [3.05, 3.63) is 53.1 Å². The fraction of sp³-hybridized carbons (Fsp3) is 0.211. The topological polar surface area (TPSA) is 56.8 Å². The van der Waals surface area contributed by atoms with Crippen molar-refractivity contribution in [2.24, 2.45) is 0 Å². The zero-order valence-corrected chi connectivity index (χ0v) is 14.5. The quantitative estimate of drug-likeness (QED) is 0.771. The summed E-state index contributed by atoms with van der Waals surface area (Å²) in [6.07, 6.45) is 4.00. The van der Waals surface area contributed by atoms with Crippen molar-refractivity contribution in [1.29, 1.82) is 0 Å². The predicted molar refractivity (Wildman–Crippen MR) is 97.5 cm³/mol. The molecule has 0 aromatic heterocycles. The van der Waals surface area contributed by atoms with Crippen LogP contribution in [0.4, 0.5) is 5.69 Å². The maximum absolute atomic E-state index is 12.2. The molecule has 130 valence electrons. The van der Waals surface area contributed by atoms with E-state index in [0.717, 1.165) is 12.0 Å². The highest BCUT2D eigenvalue weighted by Gasteiger charge is 2.17. The van der Waals surface area contributed by atoms with Crippen molar-refractivity contribution < 1.29 is 19.0 Å². The van der Waals surface area contributed by atoms with Crippen LogP contribution in [0.15, 0.2) is 42.5 Å². The van der Waals surface area contributed by atoms with Gasteiger partial charge in [0.15, 0.2) is 11.5 Å². The molecule has 1 aliphatic rings. The molecule has 0 radical (unpaired) electrons. The largest absolute Gasteiger partial charge is 0.491 e. The second kappa shape index (κ2) is 7.94. The van der Waals surface area contributed by atoms with Gasteiger partial charge in [-0.05, 0) is 42.3 Å². The molecule has 1 aliphatic heterocycles. The van der Waals surface area contributed by atoms with Crippen LogP contribution >= 0.6 is 11.6 Å². The van der Waals surface area contributed by atoms with Crippen molar-refractivity contribution in [3.63, 3.8) is 0 Å². The molecule has 3 rings (SSSR count). The Morgan fingerprint density at radius 1 is 1.32 bits per heavy atom. The van der Waals surface area contributed by atoms with E-state index in [4.69, 9.17) is 25.8 Å². The Morgan fingerprint density at radius 3 is 3.00 bits per heavy atom. The molecule has 5 nitrogen and oxygen atoms in total. The Kier molecular flexibility index (Phi) is 5.46. The summed E-state index contributed by atoms with van der Waals surface area (Å²) in [4.78, 5) is 12.2. The number of nitrogens with one attached hydrogen (secondary N) is 1. The normalized spacial score (nSPS) is 12.4. The molecule has 0 atom stereocenters. The van der Waals surface area contributed by atoms with Crippen LogP contribution in [-0.4, -0.2) is 19.3 Å². The first kappa shape index (κ1) is 17.2. The van der Waals surface area contributed by atoms with E-state index in [0.29, 0.717) is 34.6 Å². The zero-order valence-electron chi connectivity index (χ0n) is 13.8. The van der Waals surface area contributed by atoms with Crippen molar-refractivity contribution in [3.8, 4) is 17.2 Å². The monoisotopic (exact) mass is 359 g/mol. The average Bonchev–Trinajstić information content (AvgIpc) is 3.08. The minimum absolute atomic E-state index is 0.150. The van der Waals surface area contributed by atoms with Crippen molar-refractivity contribution in [2.75, 3.05) is 18.7 Å². The molecule has 1 N–H and O–H groups in total. The smallest absolute Gasteiger partial charge is 0.248 e. The van der Waals surface area contributed by atoms with E-state index in [1.54, 1.807) is 24.3 Å². The number of carbonyl (C=O) groups excluding carboxylic acids is 1. The average molecular weight is 360 g/mol. The summed E-state index contributed by atoms with van der Waals surface area (Å²) in [5.41, 5.74) is 1.38. The lowest BCUT2D eigenvalue weighted by molar-refractivity contribution is -0.111. The van der Waals surface area contributed by atoms with Gasteiger partial charge < -0.3 is 19.5 Å². The maximum atomic E-state index is 12.2. The molecule has 0 saturated carbocycles. The zero-order chi connectivity index (χ0) is 17.6. The van der Waals surface area contributed by atoms with Crippen LogP contribution in [0.2, 0.25) is 5.02 Å². The van der Waals surface area contributed by atoms with Gasteiger partial charge in [0.2, 0.25) is 12.7 Å². The minimum Gasteiger partial charge on any atom is -0.491 e. The van der Waals surface area contributed by atoms with E-state index in [2.05, 4.69) is 5.32 Å². The van der Waals surface area contributed by atoms with Crippen LogP contribution in [0.25, 0.3) is 6.08 Å². The van der Waals surface area contributed by atoms with E-state index < -0.39 is 0 Å². The van der Waals surface area contributed by atoms with Crippen molar-refractivity contribution in [1.82, 2.24) is 0 Å². The molecule has 0 bridgehead atoms. The van der Waals surface area contributed by atoms with Crippen LogP contribution in [0, 0.1) is 0 Å². The molecule has 0 fully saturated rings. The first-order valence-corrected chi connectivity index (χ1v) is 8.35. The number of amides is 1. The first-order chi connectivity index (χ1) is 12.2. The van der Waals surface area contributed by atoms with Crippen molar-refractivity contribution >= 4 is 29.3 Å². The highest BCUT2D eigenvalue weighted by atomic mass is 35.5. The summed E-state index contributed by atoms with van der Waals surface area (Å²) in [6.45, 7) is 2.77. The number of ether oxygens (including phenoxy) is 3. The molecule has 0 saturated heterocycles. The molecule has 25 heavy (non-hydrogen) atoms. The second-order valence-corrected chi connectivity index (χ2v) is 5.81. The molecule has 6 heteroatoms. The maximum Gasteiger partial charge on any atom is 0.248 e. The molecule has 1 amide bonds. The number of carbonyl (C=O) groups is 1. The highest BCUT2D eigenvalue weighted by molar-refractivity contribution is 6.32. The molecule has 1 heterocycles. The van der Waals surface area contributed by atoms with E-state index in [-0.39, 0.29) is 12.7 Å². The van der Waals surface area contributed by atoms with Gasteiger partial charge in [0.25, 0.3) is 0 Å². The second-order valence-electron chi connectivity index (χ2n) is 5.40. The van der Waals surface area contributed by atoms with Gasteiger partial charge in [-0.25, -0.2) is 0 Å².